The molecule has 4 saturated heterocycles. The summed E-state index contributed by atoms with van der Waals surface area (Å²) < 4.78 is 10.6. The Labute approximate surface area is 293 Å². The number of morpholine rings is 2. The van der Waals surface area contributed by atoms with E-state index in [-0.39, 0.29) is 35.0 Å². The molecule has 264 valence electrons. The number of anilines is 2. The van der Waals surface area contributed by atoms with Crippen molar-refractivity contribution in [1.82, 2.24) is 9.80 Å². The largest absolute Gasteiger partial charge is 0.379 e. The van der Waals surface area contributed by atoms with E-state index in [1.54, 1.807) is 17.0 Å². The van der Waals surface area contributed by atoms with E-state index in [1.807, 2.05) is 18.2 Å². The lowest BCUT2D eigenvalue weighted by Gasteiger charge is -2.29. The van der Waals surface area contributed by atoms with Gasteiger partial charge in [0.1, 0.15) is 11.4 Å². The number of piperidine rings is 2. The SMILES string of the molecule is O=C(Cc1ccc([N+](=O)[O-])c(N2CCCCC2)c1)N1CCOCC1.O=[N+]([O-])c1ccc(CCN2CCOCC2)cc1N1CCCCC1.[B][B].[HH]. The number of carbonyl (C=O) groups is 1. The second-order valence-corrected chi connectivity index (χ2v) is 12.6. The van der Waals surface area contributed by atoms with Crippen LogP contribution < -0.4 is 9.80 Å². The van der Waals surface area contributed by atoms with Crippen molar-refractivity contribution in [2.24, 2.45) is 0 Å². The van der Waals surface area contributed by atoms with E-state index in [2.05, 4.69) is 30.2 Å². The van der Waals surface area contributed by atoms with Crippen molar-refractivity contribution >= 4 is 44.1 Å². The number of rotatable bonds is 9. The molecule has 0 bridgehead atoms. The smallest absolute Gasteiger partial charge is 0.292 e. The maximum atomic E-state index is 12.4. The number of hydrogen-bond donors (Lipinski definition) is 0. The molecule has 0 spiro atoms. The first-order chi connectivity index (χ1) is 23.9. The summed E-state index contributed by atoms with van der Waals surface area (Å²) in [5.41, 5.74) is 3.82. The van der Waals surface area contributed by atoms with Gasteiger partial charge in [0.2, 0.25) is 5.91 Å². The van der Waals surface area contributed by atoms with Crippen LogP contribution in [0.2, 0.25) is 0 Å². The molecule has 4 aliphatic rings. The van der Waals surface area contributed by atoms with E-state index in [4.69, 9.17) is 9.47 Å². The zero-order chi connectivity index (χ0) is 35.0. The van der Waals surface area contributed by atoms with Gasteiger partial charge in [-0.25, -0.2) is 0 Å². The molecule has 15 heteroatoms. The fourth-order valence-corrected chi connectivity index (χ4v) is 6.70. The highest BCUT2D eigenvalue weighted by atomic mass is 16.6. The van der Waals surface area contributed by atoms with Gasteiger partial charge in [-0.2, -0.15) is 0 Å². The van der Waals surface area contributed by atoms with Crippen molar-refractivity contribution in [2.75, 3.05) is 95.1 Å². The minimum absolute atomic E-state index is 0. The summed E-state index contributed by atoms with van der Waals surface area (Å²) in [6.07, 6.45) is 7.94. The van der Waals surface area contributed by atoms with Gasteiger partial charge in [-0.3, -0.25) is 29.9 Å². The maximum absolute atomic E-state index is 12.4. The molecule has 13 nitrogen and oxygen atoms in total. The van der Waals surface area contributed by atoms with Crippen LogP contribution in [0.5, 0.6) is 0 Å². The van der Waals surface area contributed by atoms with E-state index in [9.17, 15) is 25.0 Å². The van der Waals surface area contributed by atoms with E-state index < -0.39 is 0 Å². The van der Waals surface area contributed by atoms with Crippen LogP contribution in [0.15, 0.2) is 36.4 Å². The highest BCUT2D eigenvalue weighted by Crippen LogP contribution is 2.33. The fourth-order valence-electron chi connectivity index (χ4n) is 6.70. The van der Waals surface area contributed by atoms with Crippen molar-refractivity contribution in [3.63, 3.8) is 0 Å². The molecule has 4 aliphatic heterocycles. The minimum Gasteiger partial charge on any atom is -0.379 e. The molecule has 4 fully saturated rings. The number of amides is 1. The number of carbonyl (C=O) groups excluding carboxylic acids is 1. The first kappa shape index (κ1) is 38.1. The first-order valence-electron chi connectivity index (χ1n) is 17.4. The van der Waals surface area contributed by atoms with Gasteiger partial charge in [0, 0.05) is 87.9 Å². The molecule has 2 aromatic rings. The van der Waals surface area contributed by atoms with E-state index in [0.29, 0.717) is 32.0 Å². The van der Waals surface area contributed by atoms with Crippen LogP contribution >= 0.6 is 0 Å². The van der Waals surface area contributed by atoms with Gasteiger partial charge in [0.15, 0.2) is 0 Å². The van der Waals surface area contributed by atoms with Gasteiger partial charge >= 0.3 is 0 Å². The zero-order valence-corrected chi connectivity index (χ0v) is 28.5. The van der Waals surface area contributed by atoms with Gasteiger partial charge in [-0.05, 0) is 68.2 Å². The molecule has 2 aromatic carbocycles. The standard InChI is InChI=1S/C17H23N3O4.C17H25N3O3.B2.H2/c21-17(19-8-10-24-11-9-19)13-14-4-5-15(20(22)23)16(12-14)18-6-2-1-3-7-18;21-20(22)16-5-4-15(6-9-18-10-12-23-13-11-18)14-17(16)19-7-2-1-3-8-19;1-2;/h4-5,12H,1-3,6-11,13H2;4-5,14H,1-3,6-13H2;;1H. The molecule has 0 atom stereocenters. The molecular weight excluding hydrogens is 626 g/mol. The van der Waals surface area contributed by atoms with Crippen LogP contribution in [0.25, 0.3) is 0 Å². The highest BCUT2D eigenvalue weighted by molar-refractivity contribution is 6.75. The Bertz CT molecular complexity index is 1370. The Morgan fingerprint density at radius 2 is 1.12 bits per heavy atom. The van der Waals surface area contributed by atoms with Crippen molar-refractivity contribution < 1.29 is 25.5 Å². The van der Waals surface area contributed by atoms with Crippen LogP contribution in [0, 0.1) is 20.2 Å². The predicted octanol–water partition coefficient (Wildman–Crippen LogP) is 3.93. The van der Waals surface area contributed by atoms with Crippen LogP contribution in [0.3, 0.4) is 0 Å². The summed E-state index contributed by atoms with van der Waals surface area (Å²) >= 11 is 0. The van der Waals surface area contributed by atoms with Gasteiger partial charge < -0.3 is 24.2 Å². The second-order valence-electron chi connectivity index (χ2n) is 12.6. The predicted molar refractivity (Wildman–Crippen MR) is 194 cm³/mol. The van der Waals surface area contributed by atoms with Crippen molar-refractivity contribution in [3.05, 3.63) is 67.8 Å². The second kappa shape index (κ2) is 20.1. The average Bonchev–Trinajstić information content (AvgIpc) is 3.16. The van der Waals surface area contributed by atoms with Crippen molar-refractivity contribution in [3.8, 4) is 0 Å². The van der Waals surface area contributed by atoms with E-state index >= 15 is 0 Å². The molecule has 0 unspecified atom stereocenters. The summed E-state index contributed by atoms with van der Waals surface area (Å²) in [5, 5.41) is 22.7. The Balaban J connectivity index is 0.000000253. The van der Waals surface area contributed by atoms with Gasteiger partial charge in [-0.1, -0.05) is 12.1 Å². The van der Waals surface area contributed by atoms with E-state index in [0.717, 1.165) is 102 Å². The third kappa shape index (κ3) is 11.4. The fraction of sp³-hybridized carbons (Fsp3) is 0.618. The monoisotopic (exact) mass is 676 g/mol. The third-order valence-electron chi connectivity index (χ3n) is 9.41. The molecule has 0 aromatic heterocycles. The Hall–Kier alpha value is -3.68. The highest BCUT2D eigenvalue weighted by Gasteiger charge is 2.24. The maximum Gasteiger partial charge on any atom is 0.292 e. The molecule has 4 heterocycles. The number of ether oxygens (including phenoxy) is 2. The number of nitrogens with zero attached hydrogens (tertiary/aromatic N) is 6. The molecule has 0 N–H and O–H groups in total. The Morgan fingerprint density at radius 1 is 0.673 bits per heavy atom. The molecule has 4 radical (unpaired) electrons. The normalized spacial score (nSPS) is 18.4. The van der Waals surface area contributed by atoms with Gasteiger partial charge in [-0.15, -0.1) is 0 Å². The Kier molecular flexibility index (Phi) is 15.6. The van der Waals surface area contributed by atoms with Crippen molar-refractivity contribution in [2.45, 2.75) is 51.4 Å². The quantitative estimate of drug-likeness (QED) is 0.219. The molecule has 0 saturated carbocycles. The Morgan fingerprint density at radius 3 is 1.61 bits per heavy atom. The molecule has 49 heavy (non-hydrogen) atoms. The summed E-state index contributed by atoms with van der Waals surface area (Å²) in [6.45, 7) is 10.5. The third-order valence-corrected chi connectivity index (χ3v) is 9.41. The molecule has 1 amide bonds. The van der Waals surface area contributed by atoms with Gasteiger partial charge in [0.25, 0.3) is 11.4 Å². The van der Waals surface area contributed by atoms with Gasteiger partial charge in [0.05, 0.1) is 42.7 Å². The summed E-state index contributed by atoms with van der Waals surface area (Å²) in [4.78, 5) is 42.9. The lowest BCUT2D eigenvalue weighted by molar-refractivity contribution is -0.384. The lowest BCUT2D eigenvalue weighted by atomic mass is 9.81. The topological polar surface area (TPSA) is 135 Å². The molecule has 0 aliphatic carbocycles. The minimum atomic E-state index is -0.336. The first-order valence-corrected chi connectivity index (χ1v) is 17.4. The number of hydrogen-bond acceptors (Lipinski definition) is 10. The number of nitro groups is 2. The summed E-state index contributed by atoms with van der Waals surface area (Å²) in [7, 11) is 8.00. The van der Waals surface area contributed by atoms with E-state index in [1.165, 1.54) is 24.5 Å². The van der Waals surface area contributed by atoms with Crippen LogP contribution in [0.4, 0.5) is 22.7 Å². The van der Waals surface area contributed by atoms with Crippen LogP contribution in [0.1, 0.15) is 51.1 Å². The van der Waals surface area contributed by atoms with Crippen molar-refractivity contribution in [1.29, 1.82) is 0 Å². The molecular formula is C34H50B2N6O7. The summed E-state index contributed by atoms with van der Waals surface area (Å²) in [6, 6.07) is 10.7. The van der Waals surface area contributed by atoms with Crippen LogP contribution in [-0.4, -0.2) is 126 Å². The zero-order valence-electron chi connectivity index (χ0n) is 28.5. The lowest BCUT2D eigenvalue weighted by Crippen LogP contribution is -2.41. The average molecular weight is 676 g/mol. The molecule has 6 rings (SSSR count). The number of nitro benzene ring substituents is 2. The number of benzene rings is 2. The van der Waals surface area contributed by atoms with Crippen LogP contribution in [-0.2, 0) is 27.1 Å². The summed E-state index contributed by atoms with van der Waals surface area (Å²) in [5.74, 6) is 0.0525.